The summed E-state index contributed by atoms with van der Waals surface area (Å²) in [6.45, 7) is 0.359. The number of sulfonamides is 1. The molecular formula is C42H45N3O8S2. The molecule has 2 amide bonds. The van der Waals surface area contributed by atoms with Crippen LogP contribution in [0.4, 0.5) is 10.7 Å². The van der Waals surface area contributed by atoms with E-state index in [2.05, 4.69) is 10.6 Å². The van der Waals surface area contributed by atoms with E-state index >= 15 is 0 Å². The van der Waals surface area contributed by atoms with Gasteiger partial charge in [-0.2, -0.15) is 4.31 Å². The first-order valence-electron chi connectivity index (χ1n) is 18.8. The van der Waals surface area contributed by atoms with Crippen molar-refractivity contribution in [1.82, 2.24) is 4.31 Å². The first-order valence-corrected chi connectivity index (χ1v) is 21.0. The number of esters is 2. The van der Waals surface area contributed by atoms with E-state index < -0.39 is 15.9 Å². The van der Waals surface area contributed by atoms with Gasteiger partial charge in [-0.15, -0.1) is 11.3 Å². The molecule has 3 aliphatic rings. The van der Waals surface area contributed by atoms with Gasteiger partial charge in [0, 0.05) is 28.7 Å². The second-order valence-electron chi connectivity index (χ2n) is 14.5. The number of anilines is 2. The van der Waals surface area contributed by atoms with Gasteiger partial charge in [-0.05, 0) is 129 Å². The zero-order valence-electron chi connectivity index (χ0n) is 31.0. The highest BCUT2D eigenvalue weighted by Gasteiger charge is 2.46. The number of carbonyl (C=O) groups excluding carboxylic acids is 4. The summed E-state index contributed by atoms with van der Waals surface area (Å²) >= 11 is 1.40. The van der Waals surface area contributed by atoms with E-state index in [4.69, 9.17) is 9.47 Å². The van der Waals surface area contributed by atoms with Crippen LogP contribution in [0.2, 0.25) is 0 Å². The molecule has 3 unspecified atom stereocenters. The van der Waals surface area contributed by atoms with Crippen LogP contribution >= 0.6 is 11.3 Å². The van der Waals surface area contributed by atoms with Crippen molar-refractivity contribution < 1.29 is 37.1 Å². The first kappa shape index (κ1) is 38.4. The maximum absolute atomic E-state index is 13.9. The van der Waals surface area contributed by atoms with Crippen LogP contribution in [-0.2, 0) is 50.0 Å². The highest BCUT2D eigenvalue weighted by Crippen LogP contribution is 2.42. The van der Waals surface area contributed by atoms with E-state index in [-0.39, 0.29) is 46.2 Å². The maximum Gasteiger partial charge on any atom is 0.337 e. The number of thiophene rings is 1. The molecule has 0 spiro atoms. The van der Waals surface area contributed by atoms with Crippen molar-refractivity contribution in [2.45, 2.75) is 75.1 Å². The Kier molecular flexibility index (Phi) is 11.5. The molecule has 0 radical (unpaired) electrons. The topological polar surface area (TPSA) is 148 Å². The van der Waals surface area contributed by atoms with Crippen LogP contribution in [0.1, 0.15) is 91.2 Å². The van der Waals surface area contributed by atoms with E-state index in [9.17, 15) is 27.6 Å². The molecule has 2 heterocycles. The fourth-order valence-corrected chi connectivity index (χ4v) is 11.3. The van der Waals surface area contributed by atoms with E-state index in [0.29, 0.717) is 54.0 Å². The summed E-state index contributed by atoms with van der Waals surface area (Å²) < 4.78 is 39.1. The monoisotopic (exact) mass is 783 g/mol. The normalized spacial score (nSPS) is 19.5. The minimum absolute atomic E-state index is 0.0410. The zero-order valence-corrected chi connectivity index (χ0v) is 32.6. The minimum atomic E-state index is -3.91. The van der Waals surface area contributed by atoms with E-state index in [1.165, 1.54) is 42.0 Å². The van der Waals surface area contributed by atoms with E-state index in [1.54, 1.807) is 24.3 Å². The molecule has 55 heavy (non-hydrogen) atoms. The molecule has 1 aromatic heterocycles. The highest BCUT2D eigenvalue weighted by molar-refractivity contribution is 7.89. The molecule has 1 aliphatic heterocycles. The number of fused-ring (bicyclic) bond motifs is 2. The van der Waals surface area contributed by atoms with Crippen LogP contribution < -0.4 is 10.6 Å². The van der Waals surface area contributed by atoms with Gasteiger partial charge in [-0.1, -0.05) is 30.3 Å². The lowest BCUT2D eigenvalue weighted by Crippen LogP contribution is -2.41. The molecule has 3 atom stereocenters. The lowest BCUT2D eigenvalue weighted by atomic mass is 9.78. The number of methoxy groups -OCH3 is 2. The number of hydrogen-bond donors (Lipinski definition) is 2. The second-order valence-corrected chi connectivity index (χ2v) is 17.5. The summed E-state index contributed by atoms with van der Waals surface area (Å²) in [4.78, 5) is 52.7. The fraction of sp³-hybridized carbons (Fsp3) is 0.381. The average Bonchev–Trinajstić information content (AvgIpc) is 3.82. The fourth-order valence-electron chi connectivity index (χ4n) is 8.24. The number of amides is 2. The number of aryl methyl sites for hydroxylation is 3. The molecule has 2 aliphatic carbocycles. The summed E-state index contributed by atoms with van der Waals surface area (Å²) in [6, 6.07) is 20.9. The van der Waals surface area contributed by atoms with Gasteiger partial charge in [-0.3, -0.25) is 14.4 Å². The minimum Gasteiger partial charge on any atom is -0.469 e. The zero-order chi connectivity index (χ0) is 38.7. The van der Waals surface area contributed by atoms with E-state index in [0.717, 1.165) is 60.1 Å². The van der Waals surface area contributed by atoms with E-state index in [1.807, 2.05) is 36.4 Å². The third-order valence-corrected chi connectivity index (χ3v) is 14.3. The van der Waals surface area contributed by atoms with Gasteiger partial charge in [0.2, 0.25) is 10.0 Å². The Bertz CT molecular complexity index is 2200. The van der Waals surface area contributed by atoms with Gasteiger partial charge in [0.05, 0.1) is 36.2 Å². The molecule has 3 aromatic carbocycles. The highest BCUT2D eigenvalue weighted by atomic mass is 32.2. The molecule has 13 heteroatoms. The molecule has 288 valence electrons. The lowest BCUT2D eigenvalue weighted by molar-refractivity contribution is -0.147. The predicted molar refractivity (Wildman–Crippen MR) is 210 cm³/mol. The Balaban J connectivity index is 1.03. The van der Waals surface area contributed by atoms with Crippen molar-refractivity contribution in [3.8, 4) is 0 Å². The van der Waals surface area contributed by atoms with Gasteiger partial charge < -0.3 is 20.1 Å². The Hall–Kier alpha value is -4.85. The lowest BCUT2D eigenvalue weighted by Gasteiger charge is -2.34. The van der Waals surface area contributed by atoms with Crippen molar-refractivity contribution >= 4 is 55.8 Å². The van der Waals surface area contributed by atoms with Crippen molar-refractivity contribution in [2.75, 3.05) is 31.4 Å². The number of nitrogens with zero attached hydrogens (tertiary/aromatic N) is 1. The average molecular weight is 784 g/mol. The third kappa shape index (κ3) is 8.24. The molecular weight excluding hydrogens is 739 g/mol. The SMILES string of the molecule is COC(=O)c1ccc(CCc2ccc(NC(=O)c3c(NC(=O)c4cccc(S(=O)(=O)N5CCC6CC(C(=O)OC)CCC65)c4)sc4c3CCCC4)cc2)cc1. The number of ether oxygens (including phenoxy) is 2. The smallest absolute Gasteiger partial charge is 0.337 e. The Morgan fingerprint density at radius 3 is 2.22 bits per heavy atom. The number of carbonyl (C=O) groups is 4. The quantitative estimate of drug-likeness (QED) is 0.154. The standard InChI is InChI=1S/C42H45N3O8S2/c1-52-41(48)28-16-12-26(13-17-28)10-11-27-14-19-32(20-15-27)43-39(47)37-34-8-3-4-9-36(34)54-40(37)44-38(46)30-6-5-7-33(25-30)55(50,51)45-23-22-29-24-31(42(49)53-2)18-21-35(29)45/h5-7,12-17,19-20,25,29,31,35H,3-4,8-11,18,21-24H2,1-2H3,(H,43,47)(H,44,46). The molecule has 4 aromatic rings. The Morgan fingerprint density at radius 2 is 1.51 bits per heavy atom. The van der Waals surface area contributed by atoms with Crippen molar-refractivity contribution in [1.29, 1.82) is 0 Å². The molecule has 1 saturated heterocycles. The van der Waals surface area contributed by atoms with Crippen molar-refractivity contribution in [3.05, 3.63) is 111 Å². The molecule has 0 bridgehead atoms. The van der Waals surface area contributed by atoms with Crippen LogP contribution in [0, 0.1) is 11.8 Å². The van der Waals surface area contributed by atoms with Crippen LogP contribution in [0.25, 0.3) is 0 Å². The predicted octanol–water partition coefficient (Wildman–Crippen LogP) is 7.06. The number of rotatable bonds is 11. The molecule has 7 rings (SSSR count). The number of hydrogen-bond acceptors (Lipinski definition) is 9. The van der Waals surface area contributed by atoms with Gasteiger partial charge in [-0.25, -0.2) is 13.2 Å². The van der Waals surface area contributed by atoms with Crippen molar-refractivity contribution in [2.24, 2.45) is 11.8 Å². The molecule has 2 N–H and O–H groups in total. The summed E-state index contributed by atoms with van der Waals surface area (Å²) in [5.41, 5.74) is 4.90. The Morgan fingerprint density at radius 1 is 0.800 bits per heavy atom. The van der Waals surface area contributed by atoms with Crippen LogP contribution in [0.5, 0.6) is 0 Å². The van der Waals surface area contributed by atoms with Gasteiger partial charge in [0.25, 0.3) is 11.8 Å². The number of nitrogens with one attached hydrogen (secondary N) is 2. The summed E-state index contributed by atoms with van der Waals surface area (Å²) in [7, 11) is -1.17. The number of benzene rings is 3. The first-order chi connectivity index (χ1) is 26.5. The third-order valence-electron chi connectivity index (χ3n) is 11.2. The Labute approximate surface area is 325 Å². The summed E-state index contributed by atoms with van der Waals surface area (Å²) in [5.74, 6) is -1.54. The molecule has 11 nitrogen and oxygen atoms in total. The van der Waals surface area contributed by atoms with Crippen LogP contribution in [0.3, 0.4) is 0 Å². The second kappa shape index (κ2) is 16.5. The van der Waals surface area contributed by atoms with Crippen LogP contribution in [-0.4, -0.2) is 63.3 Å². The van der Waals surface area contributed by atoms with Gasteiger partial charge in [0.15, 0.2) is 0 Å². The van der Waals surface area contributed by atoms with Gasteiger partial charge >= 0.3 is 11.9 Å². The largest absolute Gasteiger partial charge is 0.469 e. The summed E-state index contributed by atoms with van der Waals surface area (Å²) in [6.07, 6.45) is 7.49. The van der Waals surface area contributed by atoms with Crippen LogP contribution in [0.15, 0.2) is 77.7 Å². The molecule has 1 saturated carbocycles. The van der Waals surface area contributed by atoms with Gasteiger partial charge in [0.1, 0.15) is 5.00 Å². The maximum atomic E-state index is 13.9. The molecule has 2 fully saturated rings. The summed E-state index contributed by atoms with van der Waals surface area (Å²) in [5, 5.41) is 6.44. The van der Waals surface area contributed by atoms with Crippen molar-refractivity contribution in [3.63, 3.8) is 0 Å².